The molecule has 1 aliphatic heterocycles. The molecule has 2 aromatic heterocycles. The van der Waals surface area contributed by atoms with Crippen LogP contribution in [0.5, 0.6) is 11.5 Å². The Kier molecular flexibility index (Phi) is 12.2. The first kappa shape index (κ1) is 47.1. The zero-order chi connectivity index (χ0) is 48.5. The number of aryl methyl sites for hydroxylation is 1. The van der Waals surface area contributed by atoms with Gasteiger partial charge in [-0.25, -0.2) is 13.8 Å². The molecule has 0 bridgehead atoms. The van der Waals surface area contributed by atoms with Gasteiger partial charge in [-0.3, -0.25) is 0 Å². The fourth-order valence-corrected chi connectivity index (χ4v) is 9.47. The van der Waals surface area contributed by atoms with Gasteiger partial charge in [-0.2, -0.15) is 6.07 Å². The second-order valence-corrected chi connectivity index (χ2v) is 20.1. The molecule has 0 radical (unpaired) electrons. The fraction of sp³-hybridized carbons (Fsp3) is 0.143. The third-order valence-corrected chi connectivity index (χ3v) is 13.2. The SMILES string of the molecule is Cc1ccccc1-c1cc(Oc2[c-]c3c(cc2)c2ccccc2n3-c2cc(C(C)(C)C)ccn2)[c-]c([N+]2=C=[N+](c3c(-c4ccc(F)cc4)cc(C(C)(C)C)cc3-c3ccc(F)cc3)c3ccccc32)c1.[Pt+2]. The van der Waals surface area contributed by atoms with Gasteiger partial charge in [-0.15, -0.1) is 29.1 Å². The van der Waals surface area contributed by atoms with E-state index in [-0.39, 0.29) is 43.5 Å². The normalized spacial score (nSPS) is 12.4. The van der Waals surface area contributed by atoms with Gasteiger partial charge in [0.25, 0.3) is 11.4 Å². The molecule has 71 heavy (non-hydrogen) atoms. The second-order valence-electron chi connectivity index (χ2n) is 20.1. The molecule has 0 saturated carbocycles. The predicted octanol–water partition coefficient (Wildman–Crippen LogP) is 16.6. The van der Waals surface area contributed by atoms with Crippen molar-refractivity contribution in [1.29, 1.82) is 0 Å². The average Bonchev–Trinajstić information content (AvgIpc) is 3.90. The molecule has 0 spiro atoms. The molecule has 11 rings (SSSR count). The van der Waals surface area contributed by atoms with E-state index in [2.05, 4.69) is 161 Å². The van der Waals surface area contributed by atoms with E-state index in [0.29, 0.717) is 17.2 Å². The van der Waals surface area contributed by atoms with Gasteiger partial charge in [0.1, 0.15) is 23.1 Å². The van der Waals surface area contributed by atoms with E-state index in [1.807, 2.05) is 71.4 Å². The maximum absolute atomic E-state index is 14.6. The molecule has 0 fully saturated rings. The Morgan fingerprint density at radius 3 is 1.80 bits per heavy atom. The van der Waals surface area contributed by atoms with Crippen LogP contribution in [0.15, 0.2) is 176 Å². The minimum Gasteiger partial charge on any atom is -0.509 e. The number of aromatic nitrogens is 2. The van der Waals surface area contributed by atoms with Crippen molar-refractivity contribution in [3.8, 4) is 50.7 Å². The van der Waals surface area contributed by atoms with Crippen LogP contribution in [0.1, 0.15) is 58.2 Å². The molecule has 3 heterocycles. The molecule has 0 unspecified atom stereocenters. The summed E-state index contributed by atoms with van der Waals surface area (Å²) < 4.78 is 42.4. The first-order valence-electron chi connectivity index (χ1n) is 23.6. The Labute approximate surface area is 428 Å². The van der Waals surface area contributed by atoms with Gasteiger partial charge in [0.2, 0.25) is 5.69 Å². The van der Waals surface area contributed by atoms with Crippen LogP contribution in [-0.4, -0.2) is 15.6 Å². The Morgan fingerprint density at radius 2 is 1.15 bits per heavy atom. The Balaban J connectivity index is 0.00000582. The Bertz CT molecular complexity index is 3710. The number of fused-ring (bicyclic) bond motifs is 4. The summed E-state index contributed by atoms with van der Waals surface area (Å²) in [5.74, 6) is 1.18. The maximum atomic E-state index is 14.6. The minimum absolute atomic E-state index is 0. The molecule has 0 atom stereocenters. The first-order chi connectivity index (χ1) is 33.7. The molecule has 0 aliphatic carbocycles. The van der Waals surface area contributed by atoms with Gasteiger partial charge in [0.05, 0.1) is 11.1 Å². The molecule has 0 amide bonds. The molecule has 1 aliphatic rings. The third kappa shape index (κ3) is 8.86. The summed E-state index contributed by atoms with van der Waals surface area (Å²) in [4.78, 5) is 4.88. The summed E-state index contributed by atoms with van der Waals surface area (Å²) in [6.07, 6.45) is 1.88. The van der Waals surface area contributed by atoms with E-state index in [0.717, 1.165) is 89.2 Å². The van der Waals surface area contributed by atoms with Crippen molar-refractivity contribution in [1.82, 2.24) is 18.7 Å². The number of ether oxygens (including phenoxy) is 1. The Hall–Kier alpha value is -7.56. The zero-order valence-corrected chi connectivity index (χ0v) is 42.8. The predicted molar refractivity (Wildman–Crippen MR) is 282 cm³/mol. The van der Waals surface area contributed by atoms with Crippen molar-refractivity contribution in [2.24, 2.45) is 0 Å². The van der Waals surface area contributed by atoms with E-state index < -0.39 is 0 Å². The van der Waals surface area contributed by atoms with Crippen LogP contribution < -0.4 is 13.9 Å². The van der Waals surface area contributed by atoms with E-state index in [1.54, 1.807) is 0 Å². The third-order valence-electron chi connectivity index (χ3n) is 13.2. The number of halogens is 2. The zero-order valence-electron chi connectivity index (χ0n) is 40.5. The number of para-hydroxylation sites is 3. The molecular formula is C63H50F2N4OPt+2. The molecule has 5 nitrogen and oxygen atoms in total. The van der Waals surface area contributed by atoms with Crippen molar-refractivity contribution < 1.29 is 34.6 Å². The molecule has 8 aromatic carbocycles. The Morgan fingerprint density at radius 1 is 0.549 bits per heavy atom. The van der Waals surface area contributed by atoms with Gasteiger partial charge < -0.3 is 9.30 Å². The summed E-state index contributed by atoms with van der Waals surface area (Å²) in [5.41, 5.74) is 13.6. The number of pyridine rings is 1. The van der Waals surface area contributed by atoms with Crippen LogP contribution in [0, 0.1) is 30.7 Å². The summed E-state index contributed by atoms with van der Waals surface area (Å²) in [6.45, 7) is 15.2. The van der Waals surface area contributed by atoms with E-state index in [9.17, 15) is 8.78 Å². The molecule has 10 aromatic rings. The summed E-state index contributed by atoms with van der Waals surface area (Å²) >= 11 is 0. The van der Waals surface area contributed by atoms with Gasteiger partial charge >= 0.3 is 27.1 Å². The fourth-order valence-electron chi connectivity index (χ4n) is 9.47. The van der Waals surface area contributed by atoms with E-state index >= 15 is 0 Å². The standard InChI is InChI=1S/C63H50F2N4O.Pt/c1-40-14-8-9-15-51(40)43-32-48(37-50(33-43)70-49-28-29-53-52-16-10-11-17-56(52)69(59(53)38-49)60-36-44(30-31-66-60)62(2,3)4)67-39-68(58-19-13-12-18-57(58)67)61-54(41-20-24-46(64)25-21-41)34-45(63(5,6)7)35-55(61)42-22-26-47(65)27-23-42;/h8-36H,1-7H3;/q;+2. The molecule has 0 N–H and O–H groups in total. The molecule has 0 saturated heterocycles. The van der Waals surface area contributed by atoms with Crippen molar-refractivity contribution in [3.05, 3.63) is 217 Å². The van der Waals surface area contributed by atoms with Crippen LogP contribution >= 0.6 is 0 Å². The van der Waals surface area contributed by atoms with Crippen molar-refractivity contribution in [2.75, 3.05) is 0 Å². The summed E-state index contributed by atoms with van der Waals surface area (Å²) in [6, 6.07) is 65.9. The summed E-state index contributed by atoms with van der Waals surface area (Å²) in [5, 5.41) is 2.14. The molecule has 350 valence electrons. The average molecular weight is 1110 g/mol. The van der Waals surface area contributed by atoms with Crippen LogP contribution in [0.2, 0.25) is 0 Å². The molecular weight excluding hydrogens is 1060 g/mol. The quantitative estimate of drug-likeness (QED) is 0.112. The second kappa shape index (κ2) is 18.3. The topological polar surface area (TPSA) is 33.1 Å². The maximum Gasteiger partial charge on any atom is 2.00 e. The monoisotopic (exact) mass is 1110 g/mol. The molecule has 8 heteroatoms. The van der Waals surface area contributed by atoms with Gasteiger partial charge in [0, 0.05) is 35.3 Å². The van der Waals surface area contributed by atoms with Crippen molar-refractivity contribution in [3.63, 3.8) is 0 Å². The number of hydrogen-bond acceptors (Lipinski definition) is 2. The van der Waals surface area contributed by atoms with Crippen LogP contribution in [0.25, 0.3) is 61.0 Å². The van der Waals surface area contributed by atoms with Gasteiger partial charge in [0.15, 0.2) is 0 Å². The van der Waals surface area contributed by atoms with E-state index in [1.165, 1.54) is 29.8 Å². The van der Waals surface area contributed by atoms with Crippen LogP contribution in [0.3, 0.4) is 0 Å². The first-order valence-corrected chi connectivity index (χ1v) is 23.6. The largest absolute Gasteiger partial charge is 2.00 e. The van der Waals surface area contributed by atoms with Crippen LogP contribution in [-0.2, 0) is 31.9 Å². The number of rotatable bonds is 8. The smallest absolute Gasteiger partial charge is 0.509 e. The van der Waals surface area contributed by atoms with Crippen molar-refractivity contribution in [2.45, 2.75) is 59.3 Å². The number of nitrogens with zero attached hydrogens (tertiary/aromatic N) is 4. The number of benzene rings is 8. The summed E-state index contributed by atoms with van der Waals surface area (Å²) in [7, 11) is 0. The van der Waals surface area contributed by atoms with Crippen molar-refractivity contribution >= 4 is 50.6 Å². The minimum atomic E-state index is -0.322. The van der Waals surface area contributed by atoms with E-state index in [4.69, 9.17) is 9.72 Å². The van der Waals surface area contributed by atoms with Gasteiger partial charge in [-0.05, 0) is 116 Å². The van der Waals surface area contributed by atoms with Gasteiger partial charge in [-0.1, -0.05) is 143 Å². The van der Waals surface area contributed by atoms with Crippen LogP contribution in [0.4, 0.5) is 31.5 Å². The number of hydrogen-bond donors (Lipinski definition) is 0.